The van der Waals surface area contributed by atoms with E-state index in [1.807, 2.05) is 30.0 Å². The quantitative estimate of drug-likeness (QED) is 0.522. The number of benzene rings is 2. The molecule has 0 spiro atoms. The molecule has 0 bridgehead atoms. The number of carbonyl (C=O) groups excluding carboxylic acids is 1. The third-order valence-corrected chi connectivity index (χ3v) is 9.88. The van der Waals surface area contributed by atoms with Crippen LogP contribution in [0.3, 0.4) is 0 Å². The highest BCUT2D eigenvalue weighted by molar-refractivity contribution is 7.89. The van der Waals surface area contributed by atoms with Gasteiger partial charge in [0.1, 0.15) is 5.52 Å². The fourth-order valence-corrected chi connectivity index (χ4v) is 7.48. The summed E-state index contributed by atoms with van der Waals surface area (Å²) in [5.41, 5.74) is 1.83. The van der Waals surface area contributed by atoms with Gasteiger partial charge in [0.05, 0.1) is 20.5 Å². The van der Waals surface area contributed by atoms with Crippen molar-refractivity contribution in [1.29, 1.82) is 0 Å². The van der Waals surface area contributed by atoms with Crippen LogP contribution in [0.15, 0.2) is 47.4 Å². The minimum Gasteiger partial charge on any atom is -0.345 e. The first kappa shape index (κ1) is 23.5. The molecule has 7 nitrogen and oxygen atoms in total. The van der Waals surface area contributed by atoms with Gasteiger partial charge in [-0.15, -0.1) is 0 Å². The van der Waals surface area contributed by atoms with Crippen molar-refractivity contribution >= 4 is 54.2 Å². The number of anilines is 1. The molecule has 1 unspecified atom stereocenters. The van der Waals surface area contributed by atoms with Crippen LogP contribution in [-0.4, -0.2) is 67.8 Å². The van der Waals surface area contributed by atoms with Crippen LogP contribution >= 0.6 is 22.9 Å². The van der Waals surface area contributed by atoms with Crippen molar-refractivity contribution in [2.45, 2.75) is 24.7 Å². The van der Waals surface area contributed by atoms with Crippen molar-refractivity contribution in [3.63, 3.8) is 0 Å². The number of aromatic nitrogens is 1. The number of thiazole rings is 1. The van der Waals surface area contributed by atoms with Crippen molar-refractivity contribution in [2.24, 2.45) is 5.92 Å². The first-order valence-electron chi connectivity index (χ1n) is 11.5. The number of rotatable bonds is 4. The molecule has 0 N–H and O–H groups in total. The molecule has 3 heterocycles. The zero-order valence-corrected chi connectivity index (χ0v) is 21.4. The van der Waals surface area contributed by atoms with E-state index in [4.69, 9.17) is 16.6 Å². The van der Waals surface area contributed by atoms with Gasteiger partial charge in [0.2, 0.25) is 15.9 Å². The Morgan fingerprint density at radius 2 is 1.79 bits per heavy atom. The summed E-state index contributed by atoms with van der Waals surface area (Å²) in [4.78, 5) is 22.4. The summed E-state index contributed by atoms with van der Waals surface area (Å²) in [7, 11) is -3.60. The van der Waals surface area contributed by atoms with Crippen LogP contribution in [0.1, 0.15) is 18.4 Å². The molecular weight excluding hydrogens is 492 g/mol. The molecule has 3 aromatic rings. The van der Waals surface area contributed by atoms with E-state index in [-0.39, 0.29) is 23.3 Å². The Hall–Kier alpha value is -2.20. The summed E-state index contributed by atoms with van der Waals surface area (Å²) in [6.45, 7) is 5.22. The summed E-state index contributed by atoms with van der Waals surface area (Å²) in [6, 6.07) is 12.7. The SMILES string of the molecule is Cc1ccc(S(=O)(=O)N2CCCC(C(=O)N3CCN(c4nc5c(Cl)cccc5s4)CC3)C2)cc1. The van der Waals surface area contributed by atoms with Crippen molar-refractivity contribution in [3.8, 4) is 0 Å². The van der Waals surface area contributed by atoms with E-state index in [0.29, 0.717) is 44.2 Å². The molecule has 0 saturated carbocycles. The van der Waals surface area contributed by atoms with Gasteiger partial charge in [-0.2, -0.15) is 4.31 Å². The Morgan fingerprint density at radius 3 is 2.50 bits per heavy atom. The van der Waals surface area contributed by atoms with E-state index in [0.717, 1.165) is 27.3 Å². The van der Waals surface area contributed by atoms with E-state index >= 15 is 0 Å². The summed E-state index contributed by atoms with van der Waals surface area (Å²) in [6.07, 6.45) is 1.41. The minimum absolute atomic E-state index is 0.0517. The molecule has 34 heavy (non-hydrogen) atoms. The van der Waals surface area contributed by atoms with Gasteiger partial charge in [-0.25, -0.2) is 13.4 Å². The molecular formula is C24H27ClN4O3S2. The number of sulfonamides is 1. The van der Waals surface area contributed by atoms with Crippen LogP contribution in [0, 0.1) is 12.8 Å². The standard InChI is InChI=1S/C24H27ClN4O3S2/c1-17-7-9-19(10-8-17)34(31,32)29-11-3-4-18(16-29)23(30)27-12-14-28(15-13-27)24-26-22-20(25)5-2-6-21(22)33-24/h2,5-10,18H,3-4,11-16H2,1H3. The molecule has 1 atom stereocenters. The topological polar surface area (TPSA) is 73.8 Å². The number of piperidine rings is 1. The number of para-hydroxylation sites is 1. The largest absolute Gasteiger partial charge is 0.345 e. The van der Waals surface area contributed by atoms with Crippen LogP contribution < -0.4 is 4.90 Å². The lowest BCUT2D eigenvalue weighted by Crippen LogP contribution is -2.53. The third-order valence-electron chi connectivity index (χ3n) is 6.61. The highest BCUT2D eigenvalue weighted by Gasteiger charge is 2.36. The van der Waals surface area contributed by atoms with Gasteiger partial charge in [0.15, 0.2) is 5.13 Å². The average Bonchev–Trinajstić information content (AvgIpc) is 3.30. The highest BCUT2D eigenvalue weighted by Crippen LogP contribution is 2.33. The van der Waals surface area contributed by atoms with Crippen molar-refractivity contribution in [2.75, 3.05) is 44.2 Å². The molecule has 5 rings (SSSR count). The predicted octanol–water partition coefficient (Wildman–Crippen LogP) is 4.01. The Labute approximate surface area is 209 Å². The van der Waals surface area contributed by atoms with Crippen LogP contribution in [0.4, 0.5) is 5.13 Å². The smallest absolute Gasteiger partial charge is 0.243 e. The summed E-state index contributed by atoms with van der Waals surface area (Å²) < 4.78 is 28.8. The fourth-order valence-electron chi connectivity index (χ4n) is 4.64. The Balaban J connectivity index is 1.22. The average molecular weight is 519 g/mol. The maximum atomic E-state index is 13.3. The number of amides is 1. The first-order chi connectivity index (χ1) is 16.3. The van der Waals surface area contributed by atoms with Gasteiger partial charge in [0.25, 0.3) is 0 Å². The lowest BCUT2D eigenvalue weighted by Gasteiger charge is -2.38. The second-order valence-corrected chi connectivity index (χ2v) is 12.3. The second kappa shape index (κ2) is 9.45. The Morgan fingerprint density at radius 1 is 1.06 bits per heavy atom. The molecule has 2 aromatic carbocycles. The van der Waals surface area contributed by atoms with E-state index in [9.17, 15) is 13.2 Å². The Kier molecular flexibility index (Phi) is 6.54. The van der Waals surface area contributed by atoms with E-state index < -0.39 is 10.0 Å². The summed E-state index contributed by atoms with van der Waals surface area (Å²) in [5, 5.41) is 1.57. The first-order valence-corrected chi connectivity index (χ1v) is 14.1. The molecule has 0 radical (unpaired) electrons. The zero-order valence-electron chi connectivity index (χ0n) is 19.0. The predicted molar refractivity (Wildman–Crippen MR) is 136 cm³/mol. The van der Waals surface area contributed by atoms with Crippen LogP contribution in [0.2, 0.25) is 5.02 Å². The zero-order chi connectivity index (χ0) is 23.9. The molecule has 2 aliphatic rings. The molecule has 10 heteroatoms. The van der Waals surface area contributed by atoms with Crippen LogP contribution in [0.5, 0.6) is 0 Å². The number of carbonyl (C=O) groups is 1. The van der Waals surface area contributed by atoms with Gasteiger partial charge < -0.3 is 9.80 Å². The molecule has 2 aliphatic heterocycles. The van der Waals surface area contributed by atoms with E-state index in [1.54, 1.807) is 35.6 Å². The number of halogens is 1. The number of aryl methyl sites for hydroxylation is 1. The number of hydrogen-bond donors (Lipinski definition) is 0. The summed E-state index contributed by atoms with van der Waals surface area (Å²) >= 11 is 7.89. The maximum Gasteiger partial charge on any atom is 0.243 e. The van der Waals surface area contributed by atoms with Crippen LogP contribution in [0.25, 0.3) is 10.2 Å². The van der Waals surface area contributed by atoms with Crippen molar-refractivity contribution < 1.29 is 13.2 Å². The van der Waals surface area contributed by atoms with Gasteiger partial charge in [-0.3, -0.25) is 4.79 Å². The number of piperazine rings is 1. The van der Waals surface area contributed by atoms with Gasteiger partial charge in [-0.05, 0) is 44.0 Å². The monoisotopic (exact) mass is 518 g/mol. The highest BCUT2D eigenvalue weighted by atomic mass is 35.5. The molecule has 1 aromatic heterocycles. The van der Waals surface area contributed by atoms with Gasteiger partial charge >= 0.3 is 0 Å². The van der Waals surface area contributed by atoms with Crippen molar-refractivity contribution in [3.05, 3.63) is 53.1 Å². The van der Waals surface area contributed by atoms with E-state index in [1.165, 1.54) is 4.31 Å². The molecule has 2 fully saturated rings. The second-order valence-electron chi connectivity index (χ2n) is 8.91. The molecule has 180 valence electrons. The molecule has 1 amide bonds. The van der Waals surface area contributed by atoms with Gasteiger partial charge in [0, 0.05) is 39.3 Å². The third kappa shape index (κ3) is 4.54. The number of fused-ring (bicyclic) bond motifs is 1. The minimum atomic E-state index is -3.60. The lowest BCUT2D eigenvalue weighted by molar-refractivity contribution is -0.137. The lowest BCUT2D eigenvalue weighted by atomic mass is 9.98. The number of nitrogens with zero attached hydrogens (tertiary/aromatic N) is 4. The van der Waals surface area contributed by atoms with Gasteiger partial charge in [-0.1, -0.05) is 46.7 Å². The van der Waals surface area contributed by atoms with E-state index in [2.05, 4.69) is 4.90 Å². The maximum absolute atomic E-state index is 13.3. The molecule has 2 saturated heterocycles. The Bertz CT molecular complexity index is 1300. The molecule has 0 aliphatic carbocycles. The normalized spacial score (nSPS) is 20.1. The van der Waals surface area contributed by atoms with Crippen LogP contribution in [-0.2, 0) is 14.8 Å². The summed E-state index contributed by atoms with van der Waals surface area (Å²) in [5.74, 6) is -0.252. The van der Waals surface area contributed by atoms with Crippen molar-refractivity contribution in [1.82, 2.24) is 14.2 Å². The number of hydrogen-bond acceptors (Lipinski definition) is 6. The fraction of sp³-hybridized carbons (Fsp3) is 0.417.